The van der Waals surface area contributed by atoms with Crippen LogP contribution >= 0.6 is 23.2 Å². The predicted molar refractivity (Wildman–Crippen MR) is 96.4 cm³/mol. The van der Waals surface area contributed by atoms with Gasteiger partial charge in [-0.05, 0) is 18.2 Å². The summed E-state index contributed by atoms with van der Waals surface area (Å²) in [7, 11) is 3.08. The zero-order valence-electron chi connectivity index (χ0n) is 13.5. The molecule has 0 saturated carbocycles. The standard InChI is InChI=1S/C18H15Cl2NO4/c1-23-14-8-4-6-11(18(14)24-2)17-12(9-22)16(21-25-17)10-5-3-7-13(19)15(10)20/h3-8,22H,9H2,1-2H3. The van der Waals surface area contributed by atoms with Crippen LogP contribution in [0.25, 0.3) is 22.6 Å². The molecule has 0 aliphatic carbocycles. The summed E-state index contributed by atoms with van der Waals surface area (Å²) in [4.78, 5) is 0. The van der Waals surface area contributed by atoms with E-state index in [0.29, 0.717) is 49.7 Å². The van der Waals surface area contributed by atoms with E-state index in [2.05, 4.69) is 5.16 Å². The van der Waals surface area contributed by atoms with Gasteiger partial charge in [-0.15, -0.1) is 0 Å². The predicted octanol–water partition coefficient (Wildman–Crippen LogP) is 4.82. The Morgan fingerprint density at radius 3 is 2.44 bits per heavy atom. The summed E-state index contributed by atoms with van der Waals surface area (Å²) in [6.45, 7) is -0.294. The number of aliphatic hydroxyl groups excluding tert-OH is 1. The maximum atomic E-state index is 9.91. The van der Waals surface area contributed by atoms with Gasteiger partial charge in [-0.3, -0.25) is 0 Å². The number of hydrogen-bond donors (Lipinski definition) is 1. The Balaban J connectivity index is 2.21. The number of aliphatic hydroxyl groups is 1. The summed E-state index contributed by atoms with van der Waals surface area (Å²) in [6, 6.07) is 10.6. The van der Waals surface area contributed by atoms with Crippen LogP contribution in [0.2, 0.25) is 10.0 Å². The molecule has 5 nitrogen and oxygen atoms in total. The number of para-hydroxylation sites is 1. The van der Waals surface area contributed by atoms with Crippen LogP contribution in [0.4, 0.5) is 0 Å². The molecule has 0 atom stereocenters. The van der Waals surface area contributed by atoms with Gasteiger partial charge in [0.15, 0.2) is 17.3 Å². The fraction of sp³-hybridized carbons (Fsp3) is 0.167. The summed E-state index contributed by atoms with van der Waals surface area (Å²) in [5, 5.41) is 14.7. The third-order valence-corrected chi connectivity index (χ3v) is 4.62. The van der Waals surface area contributed by atoms with Crippen LogP contribution < -0.4 is 9.47 Å². The molecular formula is C18H15Cl2NO4. The van der Waals surface area contributed by atoms with Crippen molar-refractivity contribution in [1.82, 2.24) is 5.16 Å². The first-order valence-electron chi connectivity index (χ1n) is 7.37. The van der Waals surface area contributed by atoms with E-state index in [1.54, 1.807) is 43.5 Å². The van der Waals surface area contributed by atoms with E-state index in [0.717, 1.165) is 0 Å². The van der Waals surface area contributed by atoms with Crippen LogP contribution in [0.5, 0.6) is 11.5 Å². The average molecular weight is 380 g/mol. The normalized spacial score (nSPS) is 10.8. The van der Waals surface area contributed by atoms with Gasteiger partial charge in [0.2, 0.25) is 0 Å². The monoisotopic (exact) mass is 379 g/mol. The molecule has 130 valence electrons. The zero-order chi connectivity index (χ0) is 18.0. The molecule has 0 saturated heterocycles. The van der Waals surface area contributed by atoms with E-state index in [1.165, 1.54) is 7.11 Å². The molecule has 0 aliphatic heterocycles. The lowest BCUT2D eigenvalue weighted by atomic mass is 10.0. The van der Waals surface area contributed by atoms with Gasteiger partial charge in [0.1, 0.15) is 5.69 Å². The molecule has 0 spiro atoms. The van der Waals surface area contributed by atoms with Crippen LogP contribution in [0.3, 0.4) is 0 Å². The second kappa shape index (κ2) is 7.35. The van der Waals surface area contributed by atoms with Crippen molar-refractivity contribution in [1.29, 1.82) is 0 Å². The summed E-state index contributed by atoms with van der Waals surface area (Å²) in [6.07, 6.45) is 0. The van der Waals surface area contributed by atoms with Gasteiger partial charge < -0.3 is 19.1 Å². The Bertz CT molecular complexity index is 908. The largest absolute Gasteiger partial charge is 0.493 e. The highest BCUT2D eigenvalue weighted by Gasteiger charge is 2.24. The van der Waals surface area contributed by atoms with Crippen LogP contribution in [0.1, 0.15) is 5.56 Å². The van der Waals surface area contributed by atoms with Crippen molar-refractivity contribution in [2.75, 3.05) is 14.2 Å². The molecule has 7 heteroatoms. The SMILES string of the molecule is COc1cccc(-c2onc(-c3cccc(Cl)c3Cl)c2CO)c1OC. The Hall–Kier alpha value is -2.21. The van der Waals surface area contributed by atoms with Crippen molar-refractivity contribution in [2.45, 2.75) is 6.61 Å². The third kappa shape index (κ3) is 3.06. The van der Waals surface area contributed by atoms with Crippen molar-refractivity contribution >= 4 is 23.2 Å². The van der Waals surface area contributed by atoms with Crippen molar-refractivity contribution < 1.29 is 19.1 Å². The first-order valence-corrected chi connectivity index (χ1v) is 8.13. The first kappa shape index (κ1) is 17.6. The Morgan fingerprint density at radius 1 is 1.04 bits per heavy atom. The van der Waals surface area contributed by atoms with Gasteiger partial charge in [-0.2, -0.15) is 0 Å². The van der Waals surface area contributed by atoms with E-state index in [1.807, 2.05) is 0 Å². The molecule has 25 heavy (non-hydrogen) atoms. The molecule has 0 amide bonds. The highest BCUT2D eigenvalue weighted by Crippen LogP contribution is 2.43. The minimum atomic E-state index is -0.294. The lowest BCUT2D eigenvalue weighted by Gasteiger charge is -2.11. The summed E-state index contributed by atoms with van der Waals surface area (Å²) >= 11 is 12.4. The van der Waals surface area contributed by atoms with Gasteiger partial charge in [-0.25, -0.2) is 0 Å². The summed E-state index contributed by atoms with van der Waals surface area (Å²) < 4.78 is 16.3. The molecule has 0 fully saturated rings. The first-order chi connectivity index (χ1) is 12.1. The van der Waals surface area contributed by atoms with Gasteiger partial charge in [0, 0.05) is 5.56 Å². The van der Waals surface area contributed by atoms with Crippen molar-refractivity contribution in [3.63, 3.8) is 0 Å². The van der Waals surface area contributed by atoms with Gasteiger partial charge >= 0.3 is 0 Å². The van der Waals surface area contributed by atoms with Gasteiger partial charge in [0.25, 0.3) is 0 Å². The fourth-order valence-electron chi connectivity index (χ4n) is 2.63. The number of hydrogen-bond acceptors (Lipinski definition) is 5. The van der Waals surface area contributed by atoms with E-state index in [9.17, 15) is 5.11 Å². The zero-order valence-corrected chi connectivity index (χ0v) is 15.1. The minimum absolute atomic E-state index is 0.294. The molecular weight excluding hydrogens is 365 g/mol. The molecule has 3 aromatic rings. The number of halogens is 2. The number of rotatable bonds is 5. The highest BCUT2D eigenvalue weighted by atomic mass is 35.5. The second-order valence-electron chi connectivity index (χ2n) is 5.14. The molecule has 1 aromatic heterocycles. The number of methoxy groups -OCH3 is 2. The maximum Gasteiger partial charge on any atom is 0.176 e. The molecule has 3 rings (SSSR count). The van der Waals surface area contributed by atoms with Gasteiger partial charge in [-0.1, -0.05) is 46.6 Å². The van der Waals surface area contributed by atoms with Crippen LogP contribution in [0, 0.1) is 0 Å². The Labute approximate surface area is 154 Å². The summed E-state index contributed by atoms with van der Waals surface area (Å²) in [5.74, 6) is 1.41. The molecule has 0 radical (unpaired) electrons. The topological polar surface area (TPSA) is 64.7 Å². The van der Waals surface area contributed by atoms with Gasteiger partial charge in [0.05, 0.1) is 42.0 Å². The van der Waals surface area contributed by atoms with E-state index in [-0.39, 0.29) is 6.61 Å². The van der Waals surface area contributed by atoms with Crippen LogP contribution in [-0.4, -0.2) is 24.5 Å². The van der Waals surface area contributed by atoms with Crippen LogP contribution in [0.15, 0.2) is 40.9 Å². The smallest absolute Gasteiger partial charge is 0.176 e. The average Bonchev–Trinajstić information content (AvgIpc) is 3.06. The van der Waals surface area contributed by atoms with E-state index < -0.39 is 0 Å². The van der Waals surface area contributed by atoms with E-state index >= 15 is 0 Å². The summed E-state index contributed by atoms with van der Waals surface area (Å²) in [5.41, 5.74) is 2.10. The van der Waals surface area contributed by atoms with E-state index in [4.69, 9.17) is 37.2 Å². The minimum Gasteiger partial charge on any atom is -0.493 e. The Morgan fingerprint density at radius 2 is 1.76 bits per heavy atom. The second-order valence-corrected chi connectivity index (χ2v) is 5.92. The molecule has 1 N–H and O–H groups in total. The number of aromatic nitrogens is 1. The lowest BCUT2D eigenvalue weighted by molar-refractivity contribution is 0.281. The van der Waals surface area contributed by atoms with Crippen molar-refractivity contribution in [3.05, 3.63) is 52.0 Å². The highest BCUT2D eigenvalue weighted by molar-refractivity contribution is 6.43. The molecule has 0 bridgehead atoms. The number of nitrogens with zero attached hydrogens (tertiary/aromatic N) is 1. The quantitative estimate of drug-likeness (QED) is 0.687. The lowest BCUT2D eigenvalue weighted by Crippen LogP contribution is -1.95. The molecule has 0 aliphatic rings. The maximum absolute atomic E-state index is 9.91. The third-order valence-electron chi connectivity index (χ3n) is 3.80. The molecule has 1 heterocycles. The van der Waals surface area contributed by atoms with Crippen molar-refractivity contribution in [2.24, 2.45) is 0 Å². The van der Waals surface area contributed by atoms with Crippen LogP contribution in [-0.2, 0) is 6.61 Å². The molecule has 2 aromatic carbocycles. The Kier molecular flexibility index (Phi) is 5.18. The fourth-order valence-corrected chi connectivity index (χ4v) is 3.02. The van der Waals surface area contributed by atoms with Crippen molar-refractivity contribution in [3.8, 4) is 34.1 Å². The number of benzene rings is 2. The number of ether oxygens (including phenoxy) is 2. The molecule has 0 unspecified atom stereocenters.